The average Bonchev–Trinajstić information content (AvgIpc) is 3.01. The number of carbonyl (C=O) groups is 1. The summed E-state index contributed by atoms with van der Waals surface area (Å²) >= 11 is 1.33. The molecule has 0 unspecified atom stereocenters. The third kappa shape index (κ3) is 4.06. The standard InChI is InChI=1S/C18H19N5OS/c1-12-9-10-13(2)15(11-12)19-17(24)16(14-7-5-4-6-8-14)25-18-20-21-22-23(18)3/h4-11,16H,1-3H3,(H,19,24)/t16-/m1/s1. The van der Waals surface area contributed by atoms with Crippen molar-refractivity contribution in [1.82, 2.24) is 20.2 Å². The summed E-state index contributed by atoms with van der Waals surface area (Å²) in [4.78, 5) is 13.0. The molecule has 0 aliphatic heterocycles. The number of hydrogen-bond acceptors (Lipinski definition) is 5. The molecule has 2 aromatic carbocycles. The Hall–Kier alpha value is -2.67. The molecule has 0 spiro atoms. The Morgan fingerprint density at radius 1 is 1.16 bits per heavy atom. The first kappa shape index (κ1) is 17.2. The first-order chi connectivity index (χ1) is 12.0. The summed E-state index contributed by atoms with van der Waals surface area (Å²) in [7, 11) is 1.76. The van der Waals surface area contributed by atoms with Crippen LogP contribution in [0.3, 0.4) is 0 Å². The molecule has 1 amide bonds. The van der Waals surface area contributed by atoms with E-state index in [1.807, 2.05) is 62.4 Å². The lowest BCUT2D eigenvalue weighted by molar-refractivity contribution is -0.115. The lowest BCUT2D eigenvalue weighted by Gasteiger charge is -2.17. The number of carbonyl (C=O) groups excluding carboxylic acids is 1. The van der Waals surface area contributed by atoms with Gasteiger partial charge < -0.3 is 5.32 Å². The van der Waals surface area contributed by atoms with E-state index in [1.165, 1.54) is 11.8 Å². The predicted octanol–water partition coefficient (Wildman–Crippen LogP) is 3.30. The summed E-state index contributed by atoms with van der Waals surface area (Å²) in [5, 5.41) is 14.6. The molecule has 1 heterocycles. The van der Waals surface area contributed by atoms with Gasteiger partial charge in [0.25, 0.3) is 0 Å². The van der Waals surface area contributed by atoms with Crippen LogP contribution in [-0.2, 0) is 11.8 Å². The fourth-order valence-corrected chi connectivity index (χ4v) is 3.34. The van der Waals surface area contributed by atoms with Gasteiger partial charge in [-0.1, -0.05) is 54.2 Å². The quantitative estimate of drug-likeness (QED) is 0.713. The zero-order valence-electron chi connectivity index (χ0n) is 14.3. The molecule has 0 aliphatic rings. The van der Waals surface area contributed by atoms with E-state index >= 15 is 0 Å². The minimum Gasteiger partial charge on any atom is -0.325 e. The number of aryl methyl sites for hydroxylation is 3. The van der Waals surface area contributed by atoms with Crippen LogP contribution in [0.15, 0.2) is 53.7 Å². The van der Waals surface area contributed by atoms with Crippen molar-refractivity contribution >= 4 is 23.4 Å². The van der Waals surface area contributed by atoms with Gasteiger partial charge in [-0.05, 0) is 47.0 Å². The van der Waals surface area contributed by atoms with Gasteiger partial charge in [0.1, 0.15) is 5.25 Å². The normalized spacial score (nSPS) is 12.0. The lowest BCUT2D eigenvalue weighted by atomic mass is 10.1. The predicted molar refractivity (Wildman–Crippen MR) is 98.4 cm³/mol. The highest BCUT2D eigenvalue weighted by molar-refractivity contribution is 8.00. The molecule has 3 aromatic rings. The van der Waals surface area contributed by atoms with E-state index in [2.05, 4.69) is 20.8 Å². The van der Waals surface area contributed by atoms with Gasteiger partial charge in [0.05, 0.1) is 0 Å². The van der Waals surface area contributed by atoms with Crippen molar-refractivity contribution in [2.45, 2.75) is 24.3 Å². The molecule has 0 bridgehead atoms. The number of aromatic nitrogens is 4. The summed E-state index contributed by atoms with van der Waals surface area (Å²) in [6.07, 6.45) is 0. The highest BCUT2D eigenvalue weighted by Crippen LogP contribution is 2.35. The molecule has 128 valence electrons. The maximum atomic E-state index is 13.0. The third-order valence-corrected chi connectivity index (χ3v) is 5.07. The Morgan fingerprint density at radius 2 is 1.92 bits per heavy atom. The molecule has 7 heteroatoms. The SMILES string of the molecule is Cc1ccc(C)c(NC(=O)[C@H](Sc2nnnn2C)c2ccccc2)c1. The van der Waals surface area contributed by atoms with Crippen LogP contribution in [0.25, 0.3) is 0 Å². The van der Waals surface area contributed by atoms with E-state index in [0.717, 1.165) is 22.4 Å². The summed E-state index contributed by atoms with van der Waals surface area (Å²) < 4.78 is 1.56. The molecular formula is C18H19N5OS. The number of benzene rings is 2. The van der Waals surface area contributed by atoms with E-state index in [9.17, 15) is 4.79 Å². The van der Waals surface area contributed by atoms with Gasteiger partial charge in [-0.2, -0.15) is 0 Å². The van der Waals surface area contributed by atoms with Gasteiger partial charge in [-0.25, -0.2) is 4.68 Å². The molecule has 6 nitrogen and oxygen atoms in total. The van der Waals surface area contributed by atoms with Gasteiger partial charge in [0.15, 0.2) is 0 Å². The first-order valence-corrected chi connectivity index (χ1v) is 8.74. The van der Waals surface area contributed by atoms with Crippen LogP contribution in [0.5, 0.6) is 0 Å². The fraction of sp³-hybridized carbons (Fsp3) is 0.222. The summed E-state index contributed by atoms with van der Waals surface area (Å²) in [5.41, 5.74) is 3.85. The van der Waals surface area contributed by atoms with Crippen LogP contribution in [0, 0.1) is 13.8 Å². The fourth-order valence-electron chi connectivity index (χ4n) is 2.40. The van der Waals surface area contributed by atoms with Crippen LogP contribution in [0.1, 0.15) is 21.9 Å². The van der Waals surface area contributed by atoms with Crippen LogP contribution >= 0.6 is 11.8 Å². The number of thioether (sulfide) groups is 1. The molecule has 3 rings (SSSR count). The number of tetrazole rings is 1. The molecule has 1 atom stereocenters. The summed E-state index contributed by atoms with van der Waals surface area (Å²) in [5.74, 6) is -0.104. The first-order valence-electron chi connectivity index (χ1n) is 7.86. The van der Waals surface area contributed by atoms with Gasteiger partial charge in [0, 0.05) is 12.7 Å². The minimum absolute atomic E-state index is 0.104. The number of nitrogens with zero attached hydrogens (tertiary/aromatic N) is 4. The number of rotatable bonds is 5. The van der Waals surface area contributed by atoms with Crippen molar-refractivity contribution in [2.75, 3.05) is 5.32 Å². The van der Waals surface area contributed by atoms with Gasteiger partial charge in [0.2, 0.25) is 11.1 Å². The molecule has 0 fully saturated rings. The molecule has 25 heavy (non-hydrogen) atoms. The molecule has 1 N–H and O–H groups in total. The summed E-state index contributed by atoms with van der Waals surface area (Å²) in [6, 6.07) is 15.6. The maximum Gasteiger partial charge on any atom is 0.242 e. The second kappa shape index (κ2) is 7.48. The number of anilines is 1. The van der Waals surface area contributed by atoms with E-state index in [1.54, 1.807) is 11.7 Å². The lowest BCUT2D eigenvalue weighted by Crippen LogP contribution is -2.20. The monoisotopic (exact) mass is 353 g/mol. The van der Waals surface area contributed by atoms with E-state index in [-0.39, 0.29) is 5.91 Å². The zero-order chi connectivity index (χ0) is 17.8. The summed E-state index contributed by atoms with van der Waals surface area (Å²) in [6.45, 7) is 3.98. The van der Waals surface area contributed by atoms with Crippen LogP contribution in [0.4, 0.5) is 5.69 Å². The Bertz CT molecular complexity index is 878. The van der Waals surface area contributed by atoms with Crippen LogP contribution in [0.2, 0.25) is 0 Å². The number of amides is 1. The minimum atomic E-state index is -0.453. The van der Waals surface area contributed by atoms with E-state index in [0.29, 0.717) is 5.16 Å². The molecule has 0 aliphatic carbocycles. The molecule has 0 saturated carbocycles. The van der Waals surface area contributed by atoms with Crippen molar-refractivity contribution < 1.29 is 4.79 Å². The molecule has 0 radical (unpaired) electrons. The topological polar surface area (TPSA) is 72.7 Å². The second-order valence-electron chi connectivity index (χ2n) is 5.80. The average molecular weight is 353 g/mol. The van der Waals surface area contributed by atoms with Crippen molar-refractivity contribution in [1.29, 1.82) is 0 Å². The molecule has 0 saturated heterocycles. The Balaban J connectivity index is 1.89. The highest BCUT2D eigenvalue weighted by Gasteiger charge is 2.25. The van der Waals surface area contributed by atoms with Gasteiger partial charge in [-0.3, -0.25) is 4.79 Å². The van der Waals surface area contributed by atoms with Gasteiger partial charge >= 0.3 is 0 Å². The highest BCUT2D eigenvalue weighted by atomic mass is 32.2. The largest absolute Gasteiger partial charge is 0.325 e. The van der Waals surface area contributed by atoms with Crippen LogP contribution in [-0.4, -0.2) is 26.1 Å². The van der Waals surface area contributed by atoms with Crippen molar-refractivity contribution in [3.8, 4) is 0 Å². The zero-order valence-corrected chi connectivity index (χ0v) is 15.1. The van der Waals surface area contributed by atoms with Gasteiger partial charge in [-0.15, -0.1) is 5.10 Å². The molecular weight excluding hydrogens is 334 g/mol. The Labute approximate surface area is 150 Å². The van der Waals surface area contributed by atoms with Crippen LogP contribution < -0.4 is 5.32 Å². The van der Waals surface area contributed by atoms with Crippen molar-refractivity contribution in [3.63, 3.8) is 0 Å². The van der Waals surface area contributed by atoms with Crippen molar-refractivity contribution in [2.24, 2.45) is 7.05 Å². The number of hydrogen-bond donors (Lipinski definition) is 1. The smallest absolute Gasteiger partial charge is 0.242 e. The molecule has 1 aromatic heterocycles. The number of nitrogens with one attached hydrogen (secondary N) is 1. The third-order valence-electron chi connectivity index (χ3n) is 3.80. The Morgan fingerprint density at radius 3 is 2.60 bits per heavy atom. The van der Waals surface area contributed by atoms with E-state index in [4.69, 9.17) is 0 Å². The van der Waals surface area contributed by atoms with E-state index < -0.39 is 5.25 Å². The second-order valence-corrected chi connectivity index (χ2v) is 6.87. The maximum absolute atomic E-state index is 13.0. The van der Waals surface area contributed by atoms with Crippen molar-refractivity contribution in [3.05, 3.63) is 65.2 Å². The Kier molecular flexibility index (Phi) is 5.14.